The predicted molar refractivity (Wildman–Crippen MR) is 117 cm³/mol. The average Bonchev–Trinajstić information content (AvgIpc) is 3.14. The Labute approximate surface area is 187 Å². The van der Waals surface area contributed by atoms with E-state index >= 15 is 0 Å². The van der Waals surface area contributed by atoms with E-state index < -0.39 is 17.8 Å². The molecule has 2 fully saturated rings. The molecule has 8 nitrogen and oxygen atoms in total. The third kappa shape index (κ3) is 5.63. The molecule has 32 heavy (non-hydrogen) atoms. The SMILES string of the molecule is CC(C)C[C@@H](NC(=O)C1CC(=O)N(c2ccc(F)cc2)C1)C(=O)N1CCC(C(N)=O)CC1. The number of hydrogen-bond acceptors (Lipinski definition) is 4. The summed E-state index contributed by atoms with van der Waals surface area (Å²) in [5.74, 6) is -2.10. The summed E-state index contributed by atoms with van der Waals surface area (Å²) in [7, 11) is 0. The van der Waals surface area contributed by atoms with Crippen LogP contribution in [0.1, 0.15) is 39.5 Å². The lowest BCUT2D eigenvalue weighted by molar-refractivity contribution is -0.140. The number of carbonyl (C=O) groups is 4. The minimum Gasteiger partial charge on any atom is -0.369 e. The fourth-order valence-corrected chi connectivity index (χ4v) is 4.34. The van der Waals surface area contributed by atoms with Crippen LogP contribution < -0.4 is 16.0 Å². The minimum absolute atomic E-state index is 0.0375. The second-order valence-electron chi connectivity index (χ2n) is 9.07. The van der Waals surface area contributed by atoms with Crippen LogP contribution in [0.3, 0.4) is 0 Å². The molecule has 2 heterocycles. The molecule has 2 aliphatic heterocycles. The Morgan fingerprint density at radius 1 is 1.12 bits per heavy atom. The molecular formula is C23H31FN4O4. The molecule has 1 unspecified atom stereocenters. The molecule has 0 aromatic heterocycles. The van der Waals surface area contributed by atoms with Gasteiger partial charge in [0.1, 0.15) is 11.9 Å². The average molecular weight is 447 g/mol. The van der Waals surface area contributed by atoms with Gasteiger partial charge in [0.15, 0.2) is 0 Å². The molecule has 2 saturated heterocycles. The number of halogens is 1. The first-order chi connectivity index (χ1) is 15.2. The summed E-state index contributed by atoms with van der Waals surface area (Å²) in [4.78, 5) is 53.1. The molecule has 1 aromatic rings. The zero-order valence-corrected chi connectivity index (χ0v) is 18.6. The number of carbonyl (C=O) groups excluding carboxylic acids is 4. The first-order valence-electron chi connectivity index (χ1n) is 11.1. The highest BCUT2D eigenvalue weighted by atomic mass is 19.1. The Balaban J connectivity index is 1.63. The Bertz CT molecular complexity index is 865. The van der Waals surface area contributed by atoms with Gasteiger partial charge in [-0.2, -0.15) is 0 Å². The summed E-state index contributed by atoms with van der Waals surface area (Å²) in [5.41, 5.74) is 5.91. The van der Waals surface area contributed by atoms with Crippen molar-refractivity contribution in [3.8, 4) is 0 Å². The molecular weight excluding hydrogens is 415 g/mol. The first-order valence-corrected chi connectivity index (χ1v) is 11.1. The fraction of sp³-hybridized carbons (Fsp3) is 0.565. The fourth-order valence-electron chi connectivity index (χ4n) is 4.34. The number of likely N-dealkylation sites (tertiary alicyclic amines) is 1. The zero-order valence-electron chi connectivity index (χ0n) is 18.6. The van der Waals surface area contributed by atoms with Crippen LogP contribution in [0.25, 0.3) is 0 Å². The van der Waals surface area contributed by atoms with Gasteiger partial charge in [0.05, 0.1) is 5.92 Å². The van der Waals surface area contributed by atoms with Crippen LogP contribution >= 0.6 is 0 Å². The highest BCUT2D eigenvalue weighted by Crippen LogP contribution is 2.26. The molecule has 3 N–H and O–H groups in total. The van der Waals surface area contributed by atoms with Crippen molar-refractivity contribution >= 4 is 29.3 Å². The molecule has 0 bridgehead atoms. The molecule has 0 aliphatic carbocycles. The van der Waals surface area contributed by atoms with Crippen LogP contribution in [-0.2, 0) is 19.2 Å². The standard InChI is InChI=1S/C23H31FN4O4/c1-14(2)11-19(23(32)27-9-7-15(8-10-27)21(25)30)26-22(31)16-12-20(29)28(13-16)18-5-3-17(24)4-6-18/h3-6,14-16,19H,7-13H2,1-2H3,(H2,25,30)(H,26,31)/t16?,19-/m1/s1. The number of nitrogens with zero attached hydrogens (tertiary/aromatic N) is 2. The van der Waals surface area contributed by atoms with Gasteiger partial charge in [0.25, 0.3) is 0 Å². The van der Waals surface area contributed by atoms with E-state index in [0.717, 1.165) is 0 Å². The molecule has 0 spiro atoms. The van der Waals surface area contributed by atoms with Gasteiger partial charge in [0, 0.05) is 37.7 Å². The Hall–Kier alpha value is -2.97. The van der Waals surface area contributed by atoms with Crippen molar-refractivity contribution in [2.24, 2.45) is 23.5 Å². The highest BCUT2D eigenvalue weighted by molar-refractivity contribution is 6.01. The van der Waals surface area contributed by atoms with Crippen LogP contribution in [0, 0.1) is 23.6 Å². The molecule has 1 aromatic carbocycles. The van der Waals surface area contributed by atoms with Crippen molar-refractivity contribution in [1.29, 1.82) is 0 Å². The topological polar surface area (TPSA) is 113 Å². The molecule has 4 amide bonds. The number of primary amides is 1. The molecule has 174 valence electrons. The Morgan fingerprint density at radius 2 is 1.75 bits per heavy atom. The van der Waals surface area contributed by atoms with Gasteiger partial charge >= 0.3 is 0 Å². The number of nitrogens with one attached hydrogen (secondary N) is 1. The largest absolute Gasteiger partial charge is 0.369 e. The molecule has 2 aliphatic rings. The van der Waals surface area contributed by atoms with Crippen molar-refractivity contribution in [2.75, 3.05) is 24.5 Å². The number of amides is 4. The third-order valence-corrected chi connectivity index (χ3v) is 6.16. The van der Waals surface area contributed by atoms with Crippen molar-refractivity contribution in [3.05, 3.63) is 30.1 Å². The first kappa shape index (κ1) is 23.7. The van der Waals surface area contributed by atoms with Crippen LogP contribution in [0.2, 0.25) is 0 Å². The number of benzene rings is 1. The summed E-state index contributed by atoms with van der Waals surface area (Å²) < 4.78 is 13.2. The quantitative estimate of drug-likeness (QED) is 0.660. The van der Waals surface area contributed by atoms with Crippen molar-refractivity contribution in [1.82, 2.24) is 10.2 Å². The van der Waals surface area contributed by atoms with E-state index in [0.29, 0.717) is 38.0 Å². The highest BCUT2D eigenvalue weighted by Gasteiger charge is 2.38. The van der Waals surface area contributed by atoms with Gasteiger partial charge in [0.2, 0.25) is 23.6 Å². The van der Waals surface area contributed by atoms with Crippen LogP contribution in [0.4, 0.5) is 10.1 Å². The van der Waals surface area contributed by atoms with E-state index in [-0.39, 0.29) is 48.4 Å². The van der Waals surface area contributed by atoms with Crippen LogP contribution in [-0.4, -0.2) is 54.2 Å². The molecule has 0 radical (unpaired) electrons. The maximum absolute atomic E-state index is 13.2. The van der Waals surface area contributed by atoms with E-state index in [1.165, 1.54) is 29.2 Å². The van der Waals surface area contributed by atoms with E-state index in [1.54, 1.807) is 4.90 Å². The summed E-state index contributed by atoms with van der Waals surface area (Å²) >= 11 is 0. The minimum atomic E-state index is -0.692. The van der Waals surface area contributed by atoms with E-state index in [1.807, 2.05) is 13.8 Å². The summed E-state index contributed by atoms with van der Waals surface area (Å²) in [6.45, 7) is 4.99. The van der Waals surface area contributed by atoms with Gasteiger partial charge < -0.3 is 20.9 Å². The third-order valence-electron chi connectivity index (χ3n) is 6.16. The van der Waals surface area contributed by atoms with Gasteiger partial charge in [-0.25, -0.2) is 4.39 Å². The Kier molecular flexibility index (Phi) is 7.48. The predicted octanol–water partition coefficient (Wildman–Crippen LogP) is 1.43. The molecule has 9 heteroatoms. The molecule has 0 saturated carbocycles. The number of anilines is 1. The van der Waals surface area contributed by atoms with E-state index in [2.05, 4.69) is 5.32 Å². The van der Waals surface area contributed by atoms with E-state index in [9.17, 15) is 23.6 Å². The van der Waals surface area contributed by atoms with E-state index in [4.69, 9.17) is 5.73 Å². The van der Waals surface area contributed by atoms with Gasteiger partial charge in [-0.05, 0) is 49.4 Å². The maximum atomic E-state index is 13.2. The lowest BCUT2D eigenvalue weighted by Crippen LogP contribution is -2.53. The lowest BCUT2D eigenvalue weighted by atomic mass is 9.94. The summed E-state index contributed by atoms with van der Waals surface area (Å²) in [6.07, 6.45) is 1.55. The second-order valence-corrected chi connectivity index (χ2v) is 9.07. The Morgan fingerprint density at radius 3 is 2.31 bits per heavy atom. The van der Waals surface area contributed by atoms with Gasteiger partial charge in [-0.3, -0.25) is 19.2 Å². The summed E-state index contributed by atoms with van der Waals surface area (Å²) in [5, 5.41) is 2.86. The molecule has 3 rings (SSSR count). The number of piperidine rings is 1. The van der Waals surface area contributed by atoms with Crippen molar-refractivity contribution < 1.29 is 23.6 Å². The second kappa shape index (κ2) is 10.1. The zero-order chi connectivity index (χ0) is 23.4. The van der Waals surface area contributed by atoms with Crippen molar-refractivity contribution in [2.45, 2.75) is 45.6 Å². The lowest BCUT2D eigenvalue weighted by Gasteiger charge is -2.34. The van der Waals surface area contributed by atoms with Gasteiger partial charge in [-0.1, -0.05) is 13.8 Å². The molecule has 2 atom stereocenters. The van der Waals surface area contributed by atoms with Crippen molar-refractivity contribution in [3.63, 3.8) is 0 Å². The normalized spacial score (nSPS) is 20.5. The number of rotatable bonds is 7. The van der Waals surface area contributed by atoms with Crippen LogP contribution in [0.15, 0.2) is 24.3 Å². The maximum Gasteiger partial charge on any atom is 0.245 e. The summed E-state index contributed by atoms with van der Waals surface area (Å²) in [6, 6.07) is 4.87. The monoisotopic (exact) mass is 446 g/mol. The number of nitrogens with two attached hydrogens (primary N) is 1. The van der Waals surface area contributed by atoms with Crippen LogP contribution in [0.5, 0.6) is 0 Å². The van der Waals surface area contributed by atoms with Gasteiger partial charge in [-0.15, -0.1) is 0 Å². The smallest absolute Gasteiger partial charge is 0.245 e. The number of hydrogen-bond donors (Lipinski definition) is 2.